The SMILES string of the molecule is C[Si](C)(C)[c-]1cccc1.C[Si](C)(C)[c-]1cccc1.[Lu]. The number of hydrogen-bond donors (Lipinski definition) is 0. The molecule has 1 radical (unpaired) electrons. The van der Waals surface area contributed by atoms with Gasteiger partial charge in [0.25, 0.3) is 0 Å². The van der Waals surface area contributed by atoms with E-state index in [1.54, 1.807) is 10.4 Å². The molecule has 3 heteroatoms. The quantitative estimate of drug-likeness (QED) is 0.482. The summed E-state index contributed by atoms with van der Waals surface area (Å²) in [4.78, 5) is 0. The Balaban J connectivity index is 0.000000324. The van der Waals surface area contributed by atoms with E-state index in [9.17, 15) is 0 Å². The summed E-state index contributed by atoms with van der Waals surface area (Å²) in [7, 11) is -1.96. The molecule has 0 saturated carbocycles. The van der Waals surface area contributed by atoms with Crippen LogP contribution < -0.4 is 10.4 Å². The maximum Gasteiger partial charge on any atom is 0.0147 e. The third-order valence-corrected chi connectivity index (χ3v) is 7.19. The summed E-state index contributed by atoms with van der Waals surface area (Å²) in [6.07, 6.45) is 0. The molecule has 0 heterocycles. The standard InChI is InChI=1S/2C8H13Si.Lu/c2*1-9(2,3)8-6-4-5-7-8;/h2*4-7H,1-3H3;/q2*-1;. The monoisotopic (exact) mass is 449 g/mol. The van der Waals surface area contributed by atoms with Crippen LogP contribution in [0.3, 0.4) is 0 Å². The first-order valence-electron chi connectivity index (χ1n) is 6.65. The fourth-order valence-electron chi connectivity index (χ4n) is 1.75. The van der Waals surface area contributed by atoms with Crippen LogP contribution in [0, 0.1) is 36.9 Å². The molecule has 0 atom stereocenters. The maximum absolute atomic E-state index is 2.36. The number of hydrogen-bond acceptors (Lipinski definition) is 0. The largest absolute Gasteiger partial charge is 0.214 e. The Labute approximate surface area is 150 Å². The van der Waals surface area contributed by atoms with Crippen LogP contribution in [0.1, 0.15) is 0 Å². The first-order chi connectivity index (χ1) is 8.21. The molecule has 0 aromatic heterocycles. The second kappa shape index (κ2) is 7.97. The normalized spacial score (nSPS) is 11.3. The van der Waals surface area contributed by atoms with Gasteiger partial charge in [0, 0.05) is 53.0 Å². The molecule has 0 unspecified atom stereocenters. The smallest absolute Gasteiger partial charge is 0.0147 e. The minimum atomic E-state index is -0.981. The summed E-state index contributed by atoms with van der Waals surface area (Å²) in [5.41, 5.74) is 0. The summed E-state index contributed by atoms with van der Waals surface area (Å²) in [6, 6.07) is 17.4. The zero-order valence-electron chi connectivity index (χ0n) is 12.9. The Morgan fingerprint density at radius 3 is 0.842 bits per heavy atom. The predicted molar refractivity (Wildman–Crippen MR) is 90.0 cm³/mol. The van der Waals surface area contributed by atoms with Gasteiger partial charge in [-0.15, -0.1) is 0 Å². The molecule has 0 spiro atoms. The molecular weight excluding hydrogens is 423 g/mol. The van der Waals surface area contributed by atoms with Gasteiger partial charge >= 0.3 is 0 Å². The van der Waals surface area contributed by atoms with Gasteiger partial charge in [0.1, 0.15) is 0 Å². The van der Waals surface area contributed by atoms with Crippen molar-refractivity contribution in [1.82, 2.24) is 0 Å². The van der Waals surface area contributed by atoms with Crippen molar-refractivity contribution in [3.05, 3.63) is 48.5 Å². The van der Waals surface area contributed by atoms with Crippen LogP contribution in [0.2, 0.25) is 39.3 Å². The topological polar surface area (TPSA) is 0 Å². The van der Waals surface area contributed by atoms with Gasteiger partial charge < -0.3 is 0 Å². The molecule has 2 aromatic rings. The molecule has 19 heavy (non-hydrogen) atoms. The zero-order chi connectivity index (χ0) is 13.8. The summed E-state index contributed by atoms with van der Waals surface area (Å²) >= 11 is 0. The number of rotatable bonds is 2. The van der Waals surface area contributed by atoms with E-state index in [2.05, 4.69) is 87.8 Å². The molecule has 0 fully saturated rings. The fourth-order valence-corrected chi connectivity index (χ4v) is 4.13. The van der Waals surface area contributed by atoms with E-state index in [-0.39, 0.29) is 36.9 Å². The van der Waals surface area contributed by atoms with Crippen LogP contribution in [0.4, 0.5) is 0 Å². The molecule has 0 nitrogen and oxygen atoms in total. The molecule has 2 rings (SSSR count). The first-order valence-corrected chi connectivity index (χ1v) is 13.7. The molecule has 0 aliphatic heterocycles. The molecule has 2 aromatic carbocycles. The van der Waals surface area contributed by atoms with Crippen molar-refractivity contribution in [2.75, 3.05) is 0 Å². The molecule has 0 saturated heterocycles. The first kappa shape index (κ1) is 19.4. The van der Waals surface area contributed by atoms with Gasteiger partial charge in [-0.25, -0.2) is 24.3 Å². The van der Waals surface area contributed by atoms with E-state index < -0.39 is 16.1 Å². The van der Waals surface area contributed by atoms with E-state index in [4.69, 9.17) is 0 Å². The van der Waals surface area contributed by atoms with Crippen LogP contribution in [0.15, 0.2) is 48.5 Å². The van der Waals surface area contributed by atoms with E-state index in [1.807, 2.05) is 0 Å². The van der Waals surface area contributed by atoms with Crippen molar-refractivity contribution >= 4 is 26.5 Å². The van der Waals surface area contributed by atoms with Crippen LogP contribution in [0.5, 0.6) is 0 Å². The Kier molecular flexibility index (Phi) is 8.12. The maximum atomic E-state index is 2.36. The average Bonchev–Trinajstić information content (AvgIpc) is 2.91. The van der Waals surface area contributed by atoms with Gasteiger partial charge in [0.15, 0.2) is 0 Å². The van der Waals surface area contributed by atoms with Gasteiger partial charge in [-0.05, 0) is 0 Å². The summed E-state index contributed by atoms with van der Waals surface area (Å²) in [5, 5.41) is 3.12. The van der Waals surface area contributed by atoms with Crippen molar-refractivity contribution in [3.63, 3.8) is 0 Å². The minimum absolute atomic E-state index is 0. The molecule has 0 aliphatic carbocycles. The van der Waals surface area contributed by atoms with Crippen LogP contribution in [-0.2, 0) is 0 Å². The summed E-state index contributed by atoms with van der Waals surface area (Å²) in [5.74, 6) is 0. The fraction of sp³-hybridized carbons (Fsp3) is 0.375. The van der Waals surface area contributed by atoms with Crippen LogP contribution >= 0.6 is 0 Å². The molecule has 0 N–H and O–H groups in total. The molecule has 115 valence electrons. The van der Waals surface area contributed by atoms with Crippen molar-refractivity contribution in [2.24, 2.45) is 0 Å². The second-order valence-corrected chi connectivity index (χ2v) is 17.0. The van der Waals surface area contributed by atoms with Crippen molar-refractivity contribution in [3.8, 4) is 0 Å². The Morgan fingerprint density at radius 2 is 0.737 bits per heavy atom. The minimum Gasteiger partial charge on any atom is -0.214 e. The van der Waals surface area contributed by atoms with E-state index in [1.165, 1.54) is 0 Å². The Bertz CT molecular complexity index is 384. The van der Waals surface area contributed by atoms with E-state index in [0.29, 0.717) is 0 Å². The predicted octanol–water partition coefficient (Wildman–Crippen LogP) is 3.90. The third kappa shape index (κ3) is 7.08. The van der Waals surface area contributed by atoms with Gasteiger partial charge in [-0.2, -0.15) is 34.6 Å². The van der Waals surface area contributed by atoms with Gasteiger partial charge in [0.05, 0.1) is 0 Å². The van der Waals surface area contributed by atoms with Crippen molar-refractivity contribution < 1.29 is 36.9 Å². The molecule has 0 amide bonds. The Hall–Kier alpha value is 0.368. The Morgan fingerprint density at radius 1 is 0.526 bits per heavy atom. The van der Waals surface area contributed by atoms with E-state index in [0.717, 1.165) is 0 Å². The second-order valence-electron chi connectivity index (χ2n) is 6.85. The van der Waals surface area contributed by atoms with Crippen molar-refractivity contribution in [2.45, 2.75) is 39.3 Å². The average molecular weight is 450 g/mol. The molecule has 0 bridgehead atoms. The third-order valence-electron chi connectivity index (χ3n) is 3.06. The zero-order valence-corrected chi connectivity index (χ0v) is 16.5. The van der Waals surface area contributed by atoms with Gasteiger partial charge in [-0.3, -0.25) is 0 Å². The van der Waals surface area contributed by atoms with Gasteiger partial charge in [0.2, 0.25) is 0 Å². The van der Waals surface area contributed by atoms with Crippen molar-refractivity contribution in [1.29, 1.82) is 0 Å². The van der Waals surface area contributed by atoms with E-state index >= 15 is 0 Å². The van der Waals surface area contributed by atoms with Crippen LogP contribution in [-0.4, -0.2) is 16.1 Å². The molecular formula is C16H26LuSi2-2. The summed E-state index contributed by atoms with van der Waals surface area (Å²) < 4.78 is 0. The summed E-state index contributed by atoms with van der Waals surface area (Å²) in [6.45, 7) is 14.2. The van der Waals surface area contributed by atoms with Crippen LogP contribution in [0.25, 0.3) is 0 Å². The molecule has 0 aliphatic rings. The van der Waals surface area contributed by atoms with Gasteiger partial charge in [-0.1, -0.05) is 39.3 Å².